The normalized spacial score (nSPS) is 13.4. The minimum absolute atomic E-state index is 0.271. The topological polar surface area (TPSA) is 97.3 Å². The van der Waals surface area contributed by atoms with Gasteiger partial charge >= 0.3 is 6.09 Å². The molecular weight excluding hydrogens is 470 g/mol. The van der Waals surface area contributed by atoms with E-state index in [1.54, 1.807) is 31.5 Å². The van der Waals surface area contributed by atoms with Crippen LogP contribution in [0.2, 0.25) is 0 Å². The SMILES string of the molecule is COc1cccc(NC(=O)OCCCc2cc(NN=Cc3cccc(C)c3)cc(N3CCOCC3)n2)c1. The summed E-state index contributed by atoms with van der Waals surface area (Å²) in [4.78, 5) is 19.2. The van der Waals surface area contributed by atoms with E-state index in [1.807, 2.05) is 30.3 Å². The lowest BCUT2D eigenvalue weighted by molar-refractivity contribution is 0.122. The van der Waals surface area contributed by atoms with Crippen LogP contribution >= 0.6 is 0 Å². The Bertz CT molecular complexity index is 1210. The second-order valence-electron chi connectivity index (χ2n) is 8.69. The Morgan fingerprint density at radius 2 is 1.95 bits per heavy atom. The van der Waals surface area contributed by atoms with Crippen molar-refractivity contribution >= 4 is 29.5 Å². The zero-order chi connectivity index (χ0) is 25.9. The molecule has 1 aliphatic heterocycles. The van der Waals surface area contributed by atoms with Crippen molar-refractivity contribution in [2.45, 2.75) is 19.8 Å². The summed E-state index contributed by atoms with van der Waals surface area (Å²) < 4.78 is 16.0. The first-order valence-electron chi connectivity index (χ1n) is 12.4. The summed E-state index contributed by atoms with van der Waals surface area (Å²) in [6.45, 7) is 5.26. The number of morpholine rings is 1. The molecule has 0 atom stereocenters. The predicted molar refractivity (Wildman–Crippen MR) is 146 cm³/mol. The summed E-state index contributed by atoms with van der Waals surface area (Å²) in [6, 6.07) is 19.3. The number of nitrogens with zero attached hydrogens (tertiary/aromatic N) is 3. The molecule has 1 aliphatic rings. The molecule has 2 N–H and O–H groups in total. The summed E-state index contributed by atoms with van der Waals surface area (Å²) >= 11 is 0. The van der Waals surface area contributed by atoms with Crippen molar-refractivity contribution in [2.24, 2.45) is 5.10 Å². The van der Waals surface area contributed by atoms with E-state index in [-0.39, 0.29) is 6.61 Å². The van der Waals surface area contributed by atoms with Crippen LogP contribution < -0.4 is 20.4 Å². The molecule has 0 bridgehead atoms. The summed E-state index contributed by atoms with van der Waals surface area (Å²) in [5, 5.41) is 7.14. The molecule has 1 aromatic heterocycles. The van der Waals surface area contributed by atoms with Crippen molar-refractivity contribution in [3.05, 3.63) is 77.5 Å². The molecule has 37 heavy (non-hydrogen) atoms. The Kier molecular flexibility index (Phi) is 9.31. The predicted octanol–water partition coefficient (Wildman–Crippen LogP) is 4.86. The van der Waals surface area contributed by atoms with E-state index in [0.717, 1.165) is 35.9 Å². The number of ether oxygens (including phenoxy) is 3. The molecule has 0 aliphatic carbocycles. The van der Waals surface area contributed by atoms with Crippen molar-refractivity contribution in [2.75, 3.05) is 55.7 Å². The first kappa shape index (κ1) is 26.0. The van der Waals surface area contributed by atoms with E-state index in [9.17, 15) is 4.79 Å². The fourth-order valence-electron chi connectivity index (χ4n) is 3.92. The smallest absolute Gasteiger partial charge is 0.411 e. The summed E-state index contributed by atoms with van der Waals surface area (Å²) in [6.07, 6.45) is 2.59. The average Bonchev–Trinajstić information content (AvgIpc) is 2.92. The van der Waals surface area contributed by atoms with Crippen LogP contribution in [0.3, 0.4) is 0 Å². The number of amides is 1. The lowest BCUT2D eigenvalue weighted by atomic mass is 10.2. The Hall–Kier alpha value is -4.11. The van der Waals surface area contributed by atoms with Gasteiger partial charge in [-0.2, -0.15) is 5.10 Å². The van der Waals surface area contributed by atoms with Crippen LogP contribution in [0.15, 0.2) is 65.8 Å². The van der Waals surface area contributed by atoms with Crippen molar-refractivity contribution in [1.82, 2.24) is 4.98 Å². The van der Waals surface area contributed by atoms with Crippen molar-refractivity contribution in [3.8, 4) is 5.75 Å². The first-order valence-corrected chi connectivity index (χ1v) is 12.4. The highest BCUT2D eigenvalue weighted by molar-refractivity contribution is 5.84. The number of aryl methyl sites for hydroxylation is 2. The highest BCUT2D eigenvalue weighted by Crippen LogP contribution is 2.21. The molecule has 0 saturated carbocycles. The van der Waals surface area contributed by atoms with E-state index < -0.39 is 6.09 Å². The number of hydrazone groups is 1. The molecule has 1 fully saturated rings. The fourth-order valence-corrected chi connectivity index (χ4v) is 3.92. The van der Waals surface area contributed by atoms with Crippen LogP contribution in [0, 0.1) is 6.92 Å². The molecule has 0 radical (unpaired) electrons. The number of rotatable bonds is 10. The van der Waals surface area contributed by atoms with Gasteiger partial charge in [-0.15, -0.1) is 0 Å². The van der Waals surface area contributed by atoms with Crippen molar-refractivity contribution in [3.63, 3.8) is 0 Å². The number of carbonyl (C=O) groups excluding carboxylic acids is 1. The molecule has 2 aromatic carbocycles. The van der Waals surface area contributed by atoms with E-state index in [2.05, 4.69) is 39.8 Å². The number of nitrogens with one attached hydrogen (secondary N) is 2. The zero-order valence-electron chi connectivity index (χ0n) is 21.3. The molecule has 3 aromatic rings. The monoisotopic (exact) mass is 503 g/mol. The molecule has 9 heteroatoms. The number of anilines is 3. The van der Waals surface area contributed by atoms with Gasteiger partial charge in [-0.3, -0.25) is 10.7 Å². The largest absolute Gasteiger partial charge is 0.497 e. The number of aromatic nitrogens is 1. The highest BCUT2D eigenvalue weighted by atomic mass is 16.5. The molecule has 2 heterocycles. The average molecular weight is 504 g/mol. The van der Waals surface area contributed by atoms with Gasteiger partial charge in [0.25, 0.3) is 0 Å². The zero-order valence-corrected chi connectivity index (χ0v) is 21.3. The Morgan fingerprint density at radius 1 is 1.11 bits per heavy atom. The highest BCUT2D eigenvalue weighted by Gasteiger charge is 2.14. The lowest BCUT2D eigenvalue weighted by Gasteiger charge is -2.28. The number of pyridine rings is 1. The second-order valence-corrected chi connectivity index (χ2v) is 8.69. The van der Waals surface area contributed by atoms with Gasteiger partial charge in [0.15, 0.2) is 0 Å². The van der Waals surface area contributed by atoms with Gasteiger partial charge in [0, 0.05) is 36.6 Å². The van der Waals surface area contributed by atoms with Gasteiger partial charge in [0.2, 0.25) is 0 Å². The van der Waals surface area contributed by atoms with Gasteiger partial charge in [0.1, 0.15) is 11.6 Å². The van der Waals surface area contributed by atoms with Gasteiger partial charge in [-0.1, -0.05) is 35.9 Å². The number of benzene rings is 2. The van der Waals surface area contributed by atoms with Gasteiger partial charge in [-0.25, -0.2) is 9.78 Å². The molecule has 9 nitrogen and oxygen atoms in total. The summed E-state index contributed by atoms with van der Waals surface area (Å²) in [5.41, 5.74) is 7.72. The maximum absolute atomic E-state index is 12.2. The minimum Gasteiger partial charge on any atom is -0.497 e. The standard InChI is InChI=1S/C28H33N5O4/c1-21-6-3-7-22(16-21)20-29-32-25-17-23(30-27(19-25)33-11-14-36-15-12-33)9-5-13-37-28(34)31-24-8-4-10-26(18-24)35-2/h3-4,6-8,10,16-20H,5,9,11-15H2,1-2H3,(H,30,32)(H,31,34). The summed E-state index contributed by atoms with van der Waals surface area (Å²) in [5.74, 6) is 1.54. The van der Waals surface area contributed by atoms with Gasteiger partial charge in [0.05, 0.1) is 38.8 Å². The number of carbonyl (C=O) groups is 1. The summed E-state index contributed by atoms with van der Waals surface area (Å²) in [7, 11) is 1.58. The number of hydrogen-bond acceptors (Lipinski definition) is 8. The molecule has 1 amide bonds. The molecule has 194 valence electrons. The third kappa shape index (κ3) is 8.22. The van der Waals surface area contributed by atoms with Gasteiger partial charge in [-0.05, 0) is 43.5 Å². The van der Waals surface area contributed by atoms with Crippen molar-refractivity contribution < 1.29 is 19.0 Å². The maximum Gasteiger partial charge on any atom is 0.411 e. The Morgan fingerprint density at radius 3 is 2.76 bits per heavy atom. The van der Waals surface area contributed by atoms with Crippen LogP contribution in [0.4, 0.5) is 22.0 Å². The van der Waals surface area contributed by atoms with Crippen LogP contribution in [0.1, 0.15) is 23.2 Å². The number of methoxy groups -OCH3 is 1. The quantitative estimate of drug-likeness (QED) is 0.232. The molecular formula is C28H33N5O4. The van der Waals surface area contributed by atoms with Crippen molar-refractivity contribution in [1.29, 1.82) is 0 Å². The minimum atomic E-state index is -0.504. The molecule has 0 spiro atoms. The van der Waals surface area contributed by atoms with E-state index in [1.165, 1.54) is 5.56 Å². The van der Waals surface area contributed by atoms with Crippen LogP contribution in [0.25, 0.3) is 0 Å². The third-order valence-electron chi connectivity index (χ3n) is 5.78. The molecule has 0 unspecified atom stereocenters. The second kappa shape index (κ2) is 13.3. The van der Waals surface area contributed by atoms with Crippen LogP contribution in [-0.2, 0) is 15.9 Å². The van der Waals surface area contributed by atoms with Gasteiger partial charge < -0.3 is 19.1 Å². The molecule has 1 saturated heterocycles. The Labute approximate surface area is 217 Å². The molecule has 4 rings (SSSR count). The van der Waals surface area contributed by atoms with Crippen LogP contribution in [0.5, 0.6) is 5.75 Å². The van der Waals surface area contributed by atoms with E-state index in [0.29, 0.717) is 37.5 Å². The fraction of sp³-hybridized carbons (Fsp3) is 0.321. The van der Waals surface area contributed by atoms with E-state index >= 15 is 0 Å². The van der Waals surface area contributed by atoms with Crippen LogP contribution in [-0.4, -0.2) is 57.3 Å². The third-order valence-corrected chi connectivity index (χ3v) is 5.78. The Balaban J connectivity index is 1.35. The number of hydrogen-bond donors (Lipinski definition) is 2. The maximum atomic E-state index is 12.2. The van der Waals surface area contributed by atoms with E-state index in [4.69, 9.17) is 19.2 Å². The lowest BCUT2D eigenvalue weighted by Crippen LogP contribution is -2.36. The first-order chi connectivity index (χ1) is 18.1.